The molecule has 4 fully saturated rings. The van der Waals surface area contributed by atoms with Crippen molar-refractivity contribution in [3.8, 4) is 18.1 Å². The lowest BCUT2D eigenvalue weighted by molar-refractivity contribution is -0.166. The van der Waals surface area contributed by atoms with Crippen LogP contribution in [0.2, 0.25) is 0 Å². The molecule has 2 bridgehead atoms. The molecule has 0 unspecified atom stereocenters. The van der Waals surface area contributed by atoms with Gasteiger partial charge in [0.15, 0.2) is 0 Å². The summed E-state index contributed by atoms with van der Waals surface area (Å²) in [5.41, 5.74) is -0.800. The number of methoxy groups -OCH3 is 1. The molecule has 26 nitrogen and oxygen atoms in total. The van der Waals surface area contributed by atoms with Crippen LogP contribution >= 0.6 is 0 Å². The summed E-state index contributed by atoms with van der Waals surface area (Å²) in [6, 6.07) is -0.385. The Morgan fingerprint density at radius 2 is 1.38 bits per heavy atom. The topological polar surface area (TPSA) is 280 Å². The first-order valence-corrected chi connectivity index (χ1v) is 36.3. The lowest BCUT2D eigenvalue weighted by atomic mass is 9.73. The van der Waals surface area contributed by atoms with Gasteiger partial charge in [-0.25, -0.2) is 0 Å². The summed E-state index contributed by atoms with van der Waals surface area (Å²) in [6.45, 7) is 5.76. The molecular weight excluding hydrogens is 1360 g/mol. The highest BCUT2D eigenvalue weighted by Gasteiger charge is 2.56. The minimum Gasteiger partial charge on any atom is -0.496 e. The van der Waals surface area contributed by atoms with Gasteiger partial charge in [0.1, 0.15) is 59.6 Å². The molecule has 2 aromatic carbocycles. The Hall–Kier alpha value is -9.07. The van der Waals surface area contributed by atoms with Crippen LogP contribution < -0.4 is 15.4 Å². The second kappa shape index (κ2) is 36.3. The predicted molar refractivity (Wildman–Crippen MR) is 384 cm³/mol. The number of carbonyl (C=O) groups is 12. The van der Waals surface area contributed by atoms with Gasteiger partial charge in [-0.3, -0.25) is 57.5 Å². The molecule has 0 aromatic heterocycles. The summed E-state index contributed by atoms with van der Waals surface area (Å²) >= 11 is 0. The number of terminal acetylenes is 1. The maximum atomic E-state index is 15.7. The van der Waals surface area contributed by atoms with Crippen LogP contribution in [0.4, 0.5) is 13.2 Å². The van der Waals surface area contributed by atoms with Crippen LogP contribution in [-0.2, 0) is 81.3 Å². The first-order chi connectivity index (χ1) is 49.6. The molecule has 2 saturated heterocycles. The SMILES string of the molecule is C#CC[C@H]1C(=O)N[C@@H]([C@@H](C)CC)C(=O)N(C)CC(=O)N(C)[C@H]2C/C=C\CCN(C2=O)[C@@H](Cc2ccc(C)cc2)C(=O)N(C)CC(=O)N[C@H](CCc2ccc(C(F)(F)F)c(OC)c2)C(=O)N2C[C@H](OCC)C[C@H]2C(=O)N(C)C2(CCC2)C(=O)N(C)[C@@H](C2CCCC2)C(=O)N(C)[C@H](C(=O)N(C)C)CC(=O)N1C. The molecule has 2 N–H and O–H groups in total. The fourth-order valence-corrected chi connectivity index (χ4v) is 15.0. The van der Waals surface area contributed by atoms with Crippen molar-refractivity contribution in [3.63, 3.8) is 0 Å². The van der Waals surface area contributed by atoms with Gasteiger partial charge in [-0.1, -0.05) is 81.2 Å². The molecule has 2 saturated carbocycles. The summed E-state index contributed by atoms with van der Waals surface area (Å²) in [5, 5.41) is 5.58. The molecule has 5 aliphatic rings. The zero-order chi connectivity index (χ0) is 77.7. The summed E-state index contributed by atoms with van der Waals surface area (Å²) in [7, 11) is 13.7. The number of hydrogen-bond acceptors (Lipinski definition) is 14. The largest absolute Gasteiger partial charge is 0.496 e. The number of carbonyl (C=O) groups excluding carboxylic acids is 12. The Kier molecular flexibility index (Phi) is 28.8. The Bertz CT molecular complexity index is 3590. The summed E-state index contributed by atoms with van der Waals surface area (Å²) in [6.07, 6.45) is 6.12. The highest BCUT2D eigenvalue weighted by Crippen LogP contribution is 2.43. The van der Waals surface area contributed by atoms with E-state index < -0.39 is 180 Å². The molecule has 0 radical (unpaired) electrons. The zero-order valence-electron chi connectivity index (χ0n) is 63.3. The molecule has 10 atom stereocenters. The van der Waals surface area contributed by atoms with E-state index in [4.69, 9.17) is 15.9 Å². The second-order valence-corrected chi connectivity index (χ2v) is 29.0. The van der Waals surface area contributed by atoms with Gasteiger partial charge >= 0.3 is 6.18 Å². The number of hydrogen-bond donors (Lipinski definition) is 2. The molecule has 7 rings (SSSR count). The number of benzene rings is 2. The minimum atomic E-state index is -4.78. The molecular formula is C76H107F3N12O14. The Morgan fingerprint density at radius 1 is 0.733 bits per heavy atom. The Morgan fingerprint density at radius 3 is 1.97 bits per heavy atom. The molecule has 29 heteroatoms. The Balaban J connectivity index is 1.35. The highest BCUT2D eigenvalue weighted by molar-refractivity contribution is 6.01. The molecule has 12 amide bonds. The van der Waals surface area contributed by atoms with Crippen molar-refractivity contribution >= 4 is 70.9 Å². The molecule has 3 aliphatic heterocycles. The van der Waals surface area contributed by atoms with Crippen molar-refractivity contribution in [2.75, 3.05) is 103 Å². The summed E-state index contributed by atoms with van der Waals surface area (Å²) in [5.74, 6) is -7.71. The normalized spacial score (nSPS) is 26.2. The van der Waals surface area contributed by atoms with Gasteiger partial charge in [0.2, 0.25) is 70.9 Å². The fraction of sp³-hybridized carbons (Fsp3) is 0.632. The van der Waals surface area contributed by atoms with Gasteiger partial charge in [0, 0.05) is 102 Å². The third-order valence-corrected chi connectivity index (χ3v) is 21.9. The van der Waals surface area contributed by atoms with Gasteiger partial charge in [0.05, 0.1) is 38.3 Å². The number of nitrogens with zero attached hydrogens (tertiary/aromatic N) is 10. The average Bonchev–Trinajstić information content (AvgIpc) is 1.73. The van der Waals surface area contributed by atoms with Crippen molar-refractivity contribution in [2.45, 2.75) is 197 Å². The van der Waals surface area contributed by atoms with Gasteiger partial charge < -0.3 is 69.1 Å². The quantitative estimate of drug-likeness (QED) is 0.211. The van der Waals surface area contributed by atoms with Crippen LogP contribution in [-0.4, -0.2) is 283 Å². The van der Waals surface area contributed by atoms with E-state index in [2.05, 4.69) is 16.6 Å². The molecule has 2 aromatic rings. The highest BCUT2D eigenvalue weighted by atomic mass is 19.4. The van der Waals surface area contributed by atoms with Crippen LogP contribution in [0.5, 0.6) is 5.75 Å². The maximum Gasteiger partial charge on any atom is 0.419 e. The molecule has 3 heterocycles. The van der Waals surface area contributed by atoms with Crippen molar-refractivity contribution in [3.05, 3.63) is 76.9 Å². The van der Waals surface area contributed by atoms with E-state index in [0.717, 1.165) is 38.3 Å². The van der Waals surface area contributed by atoms with Crippen LogP contribution in [0, 0.1) is 31.1 Å². The third-order valence-electron chi connectivity index (χ3n) is 21.9. The average molecular weight is 1470 g/mol. The smallest absolute Gasteiger partial charge is 0.419 e. The number of alkyl halides is 3. The standard InChI is InChI=1S/C76H107F3N12O14/c1-16-25-55-66(95)81-64(48(5)17-2)72(101)84(9)46-63(94)86(11)56-28-20-19-23-39-90(71(56)100)58(40-49-31-29-47(4)30-32-49)69(98)83(8)45-61(92)80-54(36-34-50-33-35-53(76(77,78)79)60(41-50)104-15)67(96)91-44-52(105-18-3)42-59(91)70(99)89(14)75(37-24-38-75)74(103)88(13)65(51-26-21-22-27-51)73(102)87(12)57(68(97)82(6)7)43-62(93)85(55)10/h1,19-20,29-33,35,41,48,51-52,54-59,64-65H,17-18,21-28,34,36-40,42-46H2,2-15H3,(H,80,92)(H,81,95)/b20-19-/t48-,52+,54+,55-,56-,57-,58-,59-,64-,65-/m0/s1. The van der Waals surface area contributed by atoms with Crippen molar-refractivity contribution in [1.29, 1.82) is 0 Å². The fourth-order valence-electron chi connectivity index (χ4n) is 15.0. The molecule has 105 heavy (non-hydrogen) atoms. The summed E-state index contributed by atoms with van der Waals surface area (Å²) < 4.78 is 53.8. The number of ether oxygens (including phenoxy) is 2. The first kappa shape index (κ1) is 83.2. The number of rotatable bonds is 13. The maximum absolute atomic E-state index is 15.7. The van der Waals surface area contributed by atoms with Crippen molar-refractivity contribution in [2.24, 2.45) is 11.8 Å². The van der Waals surface area contributed by atoms with E-state index >= 15 is 28.8 Å². The number of aryl methyl sites for hydroxylation is 2. The zero-order valence-corrected chi connectivity index (χ0v) is 63.3. The van der Waals surface area contributed by atoms with E-state index in [0.29, 0.717) is 44.1 Å². The molecule has 576 valence electrons. The van der Waals surface area contributed by atoms with Crippen molar-refractivity contribution in [1.82, 2.24) is 59.6 Å². The second-order valence-electron chi connectivity index (χ2n) is 29.0. The van der Waals surface area contributed by atoms with E-state index in [1.165, 1.54) is 105 Å². The van der Waals surface area contributed by atoms with Crippen LogP contribution in [0.25, 0.3) is 0 Å². The summed E-state index contributed by atoms with van der Waals surface area (Å²) in [4.78, 5) is 193. The lowest BCUT2D eigenvalue weighted by Gasteiger charge is -2.51. The number of likely N-dealkylation sites (N-methyl/N-ethyl adjacent to an activating group) is 8. The van der Waals surface area contributed by atoms with E-state index in [1.807, 2.05) is 25.1 Å². The van der Waals surface area contributed by atoms with Crippen LogP contribution in [0.15, 0.2) is 54.6 Å². The number of nitrogens with one attached hydrogen (secondary N) is 2. The van der Waals surface area contributed by atoms with E-state index in [9.17, 15) is 41.9 Å². The van der Waals surface area contributed by atoms with E-state index in [1.54, 1.807) is 39.0 Å². The first-order valence-electron chi connectivity index (χ1n) is 36.3. The Labute approximate surface area is 614 Å². The van der Waals surface area contributed by atoms with Crippen LogP contribution in [0.1, 0.15) is 133 Å². The molecule has 1 spiro atoms. The number of amides is 12. The lowest BCUT2D eigenvalue weighted by Crippen LogP contribution is -2.68. The third kappa shape index (κ3) is 19.3. The van der Waals surface area contributed by atoms with Gasteiger partial charge in [-0.2, -0.15) is 13.2 Å². The van der Waals surface area contributed by atoms with Gasteiger partial charge in [0.25, 0.3) is 0 Å². The van der Waals surface area contributed by atoms with Gasteiger partial charge in [-0.15, -0.1) is 12.3 Å². The number of halogens is 3. The molecule has 2 aliphatic carbocycles. The monoisotopic (exact) mass is 1470 g/mol. The number of fused-ring (bicyclic) bond motifs is 3. The minimum absolute atomic E-state index is 0.0129. The van der Waals surface area contributed by atoms with E-state index in [-0.39, 0.29) is 83.0 Å². The van der Waals surface area contributed by atoms with Crippen molar-refractivity contribution < 1.29 is 80.2 Å². The van der Waals surface area contributed by atoms with Gasteiger partial charge in [-0.05, 0) is 107 Å². The van der Waals surface area contributed by atoms with Crippen LogP contribution in [0.3, 0.4) is 0 Å². The predicted octanol–water partition coefficient (Wildman–Crippen LogP) is 4.08.